The quantitative estimate of drug-likeness (QED) is 0.688. The Balaban J connectivity index is 1.85. The number of nitrogens with zero attached hydrogens (tertiary/aromatic N) is 1. The van der Waals surface area contributed by atoms with Gasteiger partial charge >= 0.3 is 5.97 Å². The number of halogens is 1. The third kappa shape index (κ3) is 2.86. The van der Waals surface area contributed by atoms with Crippen LogP contribution in [0.3, 0.4) is 0 Å². The standard InChI is InChI=1S/C21H18BrNO3/c1-12-6-13(2)8-16(7-12)23-18-11-26-21(25)20(18)17(10-19(23)24)14-4-3-5-15(22)9-14/h3-9,17H,10-11H2,1-2H3. The van der Waals surface area contributed by atoms with Crippen LogP contribution in [0.1, 0.15) is 29.0 Å². The fourth-order valence-corrected chi connectivity index (χ4v) is 4.26. The molecule has 132 valence electrons. The highest BCUT2D eigenvalue weighted by Crippen LogP contribution is 2.42. The van der Waals surface area contributed by atoms with Crippen molar-refractivity contribution in [3.05, 3.63) is 74.9 Å². The molecule has 1 amide bonds. The first-order chi connectivity index (χ1) is 12.4. The smallest absolute Gasteiger partial charge is 0.336 e. The molecule has 0 saturated carbocycles. The number of benzene rings is 2. The molecule has 2 heterocycles. The van der Waals surface area contributed by atoms with E-state index < -0.39 is 0 Å². The number of esters is 1. The summed E-state index contributed by atoms with van der Waals surface area (Å²) in [6.45, 7) is 4.14. The highest BCUT2D eigenvalue weighted by molar-refractivity contribution is 9.10. The molecule has 4 nitrogen and oxygen atoms in total. The lowest BCUT2D eigenvalue weighted by Gasteiger charge is -2.32. The second kappa shape index (κ2) is 6.40. The van der Waals surface area contributed by atoms with Crippen LogP contribution in [-0.2, 0) is 14.3 Å². The summed E-state index contributed by atoms with van der Waals surface area (Å²) in [6.07, 6.45) is 0.247. The Bertz CT molecular complexity index is 943. The fourth-order valence-electron chi connectivity index (χ4n) is 3.84. The molecule has 0 aromatic heterocycles. The van der Waals surface area contributed by atoms with Crippen LogP contribution in [0, 0.1) is 13.8 Å². The molecular weight excluding hydrogens is 394 g/mol. The topological polar surface area (TPSA) is 46.6 Å². The molecule has 0 aliphatic carbocycles. The Kier molecular flexibility index (Phi) is 4.19. The minimum absolute atomic E-state index is 0.0166. The predicted octanol–water partition coefficient (Wildman–Crippen LogP) is 4.40. The van der Waals surface area contributed by atoms with Crippen LogP contribution in [-0.4, -0.2) is 18.5 Å². The van der Waals surface area contributed by atoms with E-state index in [2.05, 4.69) is 22.0 Å². The van der Waals surface area contributed by atoms with E-state index in [0.717, 1.165) is 26.9 Å². The summed E-state index contributed by atoms with van der Waals surface area (Å²) >= 11 is 3.47. The molecule has 4 rings (SSSR count). The van der Waals surface area contributed by atoms with E-state index in [1.807, 2.05) is 50.2 Å². The summed E-state index contributed by atoms with van der Waals surface area (Å²) in [6, 6.07) is 13.8. The van der Waals surface area contributed by atoms with Crippen molar-refractivity contribution in [3.8, 4) is 0 Å². The van der Waals surface area contributed by atoms with Crippen molar-refractivity contribution in [2.45, 2.75) is 26.2 Å². The molecule has 0 fully saturated rings. The number of hydrogen-bond acceptors (Lipinski definition) is 3. The largest absolute Gasteiger partial charge is 0.456 e. The number of rotatable bonds is 2. The predicted molar refractivity (Wildman–Crippen MR) is 103 cm³/mol. The number of ether oxygens (including phenoxy) is 1. The Labute approximate surface area is 160 Å². The lowest BCUT2D eigenvalue weighted by atomic mass is 9.84. The van der Waals surface area contributed by atoms with Gasteiger partial charge in [-0.1, -0.05) is 34.1 Å². The maximum absolute atomic E-state index is 13.0. The summed E-state index contributed by atoms with van der Waals surface area (Å²) in [4.78, 5) is 27.2. The zero-order valence-electron chi connectivity index (χ0n) is 14.6. The fraction of sp³-hybridized carbons (Fsp3) is 0.238. The van der Waals surface area contributed by atoms with E-state index in [4.69, 9.17) is 4.74 Å². The number of hydrogen-bond donors (Lipinski definition) is 0. The zero-order chi connectivity index (χ0) is 18.4. The van der Waals surface area contributed by atoms with Gasteiger partial charge in [0.25, 0.3) is 0 Å². The second-order valence-electron chi connectivity index (χ2n) is 6.82. The first-order valence-corrected chi connectivity index (χ1v) is 9.30. The Morgan fingerprint density at radius 3 is 2.50 bits per heavy atom. The molecule has 5 heteroatoms. The van der Waals surface area contributed by atoms with Crippen molar-refractivity contribution >= 4 is 33.5 Å². The average molecular weight is 412 g/mol. The minimum Gasteiger partial charge on any atom is -0.456 e. The van der Waals surface area contributed by atoms with Gasteiger partial charge in [0.2, 0.25) is 5.91 Å². The van der Waals surface area contributed by atoms with E-state index in [1.165, 1.54) is 0 Å². The molecule has 2 aliphatic rings. The van der Waals surface area contributed by atoms with Gasteiger partial charge in [-0.25, -0.2) is 4.79 Å². The van der Waals surface area contributed by atoms with Gasteiger partial charge < -0.3 is 4.74 Å². The zero-order valence-corrected chi connectivity index (χ0v) is 16.2. The van der Waals surface area contributed by atoms with Gasteiger partial charge in [-0.3, -0.25) is 9.69 Å². The summed E-state index contributed by atoms with van der Waals surface area (Å²) < 4.78 is 6.25. The van der Waals surface area contributed by atoms with Crippen LogP contribution in [0.2, 0.25) is 0 Å². The van der Waals surface area contributed by atoms with Gasteiger partial charge in [-0.15, -0.1) is 0 Å². The van der Waals surface area contributed by atoms with Crippen LogP contribution in [0.4, 0.5) is 5.69 Å². The van der Waals surface area contributed by atoms with Gasteiger partial charge in [-0.05, 0) is 54.8 Å². The normalized spacial score (nSPS) is 19.7. The van der Waals surface area contributed by atoms with Crippen LogP contribution in [0.5, 0.6) is 0 Å². The molecule has 0 saturated heterocycles. The molecule has 2 aromatic rings. The third-order valence-electron chi connectivity index (χ3n) is 4.83. The van der Waals surface area contributed by atoms with Crippen molar-refractivity contribution in [1.82, 2.24) is 0 Å². The highest BCUT2D eigenvalue weighted by atomic mass is 79.9. The molecule has 2 aromatic carbocycles. The summed E-state index contributed by atoms with van der Waals surface area (Å²) in [7, 11) is 0. The van der Waals surface area contributed by atoms with Gasteiger partial charge in [0.05, 0.1) is 11.3 Å². The van der Waals surface area contributed by atoms with Crippen LogP contribution in [0.15, 0.2) is 58.2 Å². The van der Waals surface area contributed by atoms with Crippen LogP contribution < -0.4 is 4.90 Å². The monoisotopic (exact) mass is 411 g/mol. The Morgan fingerprint density at radius 2 is 1.81 bits per heavy atom. The summed E-state index contributed by atoms with van der Waals surface area (Å²) in [5.41, 5.74) is 5.16. The molecule has 0 radical (unpaired) electrons. The number of amides is 1. The molecule has 1 atom stereocenters. The number of cyclic esters (lactones) is 1. The van der Waals surface area contributed by atoms with E-state index in [-0.39, 0.29) is 30.8 Å². The number of anilines is 1. The first-order valence-electron chi connectivity index (χ1n) is 8.51. The molecular formula is C21H18BrNO3. The Hall–Kier alpha value is -2.40. The lowest BCUT2D eigenvalue weighted by Crippen LogP contribution is -2.37. The van der Waals surface area contributed by atoms with Gasteiger partial charge in [-0.2, -0.15) is 0 Å². The van der Waals surface area contributed by atoms with E-state index >= 15 is 0 Å². The van der Waals surface area contributed by atoms with Crippen molar-refractivity contribution in [2.24, 2.45) is 0 Å². The minimum atomic E-state index is -0.327. The summed E-state index contributed by atoms with van der Waals surface area (Å²) in [5, 5.41) is 0. The molecule has 1 unspecified atom stereocenters. The number of aryl methyl sites for hydroxylation is 2. The molecule has 0 bridgehead atoms. The third-order valence-corrected chi connectivity index (χ3v) is 5.33. The average Bonchev–Trinajstić information content (AvgIpc) is 2.95. The van der Waals surface area contributed by atoms with Gasteiger partial charge in [0.1, 0.15) is 6.61 Å². The van der Waals surface area contributed by atoms with E-state index in [1.54, 1.807) is 4.90 Å². The van der Waals surface area contributed by atoms with Crippen LogP contribution in [0.25, 0.3) is 0 Å². The van der Waals surface area contributed by atoms with E-state index in [9.17, 15) is 9.59 Å². The van der Waals surface area contributed by atoms with Crippen molar-refractivity contribution in [1.29, 1.82) is 0 Å². The van der Waals surface area contributed by atoms with E-state index in [0.29, 0.717) is 11.3 Å². The van der Waals surface area contributed by atoms with Crippen molar-refractivity contribution in [3.63, 3.8) is 0 Å². The first kappa shape index (κ1) is 17.0. The summed E-state index contributed by atoms with van der Waals surface area (Å²) in [5.74, 6) is -0.615. The number of carbonyl (C=O) groups excluding carboxylic acids is 2. The molecule has 2 aliphatic heterocycles. The maximum Gasteiger partial charge on any atom is 0.336 e. The highest BCUT2D eigenvalue weighted by Gasteiger charge is 2.43. The molecule has 0 spiro atoms. The van der Waals surface area contributed by atoms with Gasteiger partial charge in [0.15, 0.2) is 0 Å². The number of carbonyl (C=O) groups is 2. The van der Waals surface area contributed by atoms with Crippen molar-refractivity contribution < 1.29 is 14.3 Å². The lowest BCUT2D eigenvalue weighted by molar-refractivity contribution is -0.136. The SMILES string of the molecule is Cc1cc(C)cc(N2C(=O)CC(c3cccc(Br)c3)C3=C2COC3=O)c1. The molecule has 0 N–H and O–H groups in total. The second-order valence-corrected chi connectivity index (χ2v) is 7.74. The molecule has 26 heavy (non-hydrogen) atoms. The van der Waals surface area contributed by atoms with Crippen molar-refractivity contribution in [2.75, 3.05) is 11.5 Å². The maximum atomic E-state index is 13.0. The van der Waals surface area contributed by atoms with Gasteiger partial charge in [0, 0.05) is 22.5 Å². The van der Waals surface area contributed by atoms with Crippen LogP contribution >= 0.6 is 15.9 Å². The Morgan fingerprint density at radius 1 is 1.08 bits per heavy atom.